The van der Waals surface area contributed by atoms with Crippen molar-refractivity contribution < 1.29 is 9.47 Å². The Bertz CT molecular complexity index is 337. The van der Waals surface area contributed by atoms with Crippen LogP contribution < -0.4 is 4.72 Å². The summed E-state index contributed by atoms with van der Waals surface area (Å²) in [6, 6.07) is 0.580. The maximum atomic E-state index is 5.79. The Labute approximate surface area is 167 Å². The van der Waals surface area contributed by atoms with Gasteiger partial charge in [0.1, 0.15) is 0 Å². The summed E-state index contributed by atoms with van der Waals surface area (Å²) in [7, 11) is 0. The average molecular weight is 389 g/mol. The van der Waals surface area contributed by atoms with E-state index in [1.54, 1.807) is 0 Å². The molecule has 3 fully saturated rings. The highest BCUT2D eigenvalue weighted by atomic mass is 32.2. The van der Waals surface area contributed by atoms with E-state index >= 15 is 0 Å². The fourth-order valence-corrected chi connectivity index (χ4v) is 4.70. The first-order valence-corrected chi connectivity index (χ1v) is 11.9. The van der Waals surface area contributed by atoms with E-state index in [1.165, 1.54) is 57.4 Å². The van der Waals surface area contributed by atoms with Gasteiger partial charge >= 0.3 is 0 Å². The van der Waals surface area contributed by atoms with Crippen molar-refractivity contribution in [3.05, 3.63) is 0 Å². The third kappa shape index (κ3) is 8.47. The molecule has 1 unspecified atom stereocenters. The second-order valence-electron chi connectivity index (χ2n) is 7.97. The van der Waals surface area contributed by atoms with Crippen LogP contribution in [0.1, 0.15) is 80.1 Å². The number of fused-ring (bicyclic) bond motifs is 1. The summed E-state index contributed by atoms with van der Waals surface area (Å²) in [5, 5.41) is 0. The van der Waals surface area contributed by atoms with E-state index < -0.39 is 0 Å². The van der Waals surface area contributed by atoms with Gasteiger partial charge in [0.25, 0.3) is 0 Å². The minimum Gasteiger partial charge on any atom is -0.377 e. The van der Waals surface area contributed by atoms with E-state index in [4.69, 9.17) is 9.47 Å². The topological polar surface area (TPSA) is 33.7 Å². The molecule has 0 aromatic heterocycles. The van der Waals surface area contributed by atoms with Crippen LogP contribution >= 0.6 is 11.9 Å². The molecule has 0 radical (unpaired) electrons. The lowest BCUT2D eigenvalue weighted by Crippen LogP contribution is -2.43. The maximum absolute atomic E-state index is 5.79. The van der Waals surface area contributed by atoms with Crippen molar-refractivity contribution in [2.75, 3.05) is 32.1 Å². The number of nitrogens with one attached hydrogen (secondary N) is 1. The van der Waals surface area contributed by atoms with Gasteiger partial charge in [-0.3, -0.25) is 9.62 Å². The largest absolute Gasteiger partial charge is 0.377 e. The third-order valence-electron chi connectivity index (χ3n) is 5.18. The van der Waals surface area contributed by atoms with E-state index in [2.05, 4.69) is 37.3 Å². The van der Waals surface area contributed by atoms with E-state index in [0.29, 0.717) is 23.8 Å². The molecule has 3 rings (SSSR count). The monoisotopic (exact) mass is 388 g/mol. The lowest BCUT2D eigenvalue weighted by atomic mass is 9.95. The normalized spacial score (nSPS) is 24.7. The van der Waals surface area contributed by atoms with Gasteiger partial charge in [0, 0.05) is 17.3 Å². The summed E-state index contributed by atoms with van der Waals surface area (Å²) in [5.41, 5.74) is 0.449. The third-order valence-corrected chi connectivity index (χ3v) is 6.17. The van der Waals surface area contributed by atoms with Gasteiger partial charge in [0.15, 0.2) is 0 Å². The minimum atomic E-state index is 0.365. The molecule has 0 aromatic rings. The molecule has 3 aliphatic rings. The summed E-state index contributed by atoms with van der Waals surface area (Å²) in [4.78, 5) is 2.65. The van der Waals surface area contributed by atoms with Gasteiger partial charge < -0.3 is 9.47 Å². The standard InChI is InChI=1S/C11H21NO.C8H17NOS.C2H6/c1-10(2)13-9-11-5-3-7-12(11)8-4-6-11;1-7(2)10-6-8-4-3-5-11-9-8;1-2/h10H,3-9H2,1-2H3;7-9H,3-6H2,1-2H3;1-2H3. The van der Waals surface area contributed by atoms with Crippen LogP contribution in [0.15, 0.2) is 0 Å². The van der Waals surface area contributed by atoms with Gasteiger partial charge in [-0.05, 0) is 79.3 Å². The molecule has 26 heavy (non-hydrogen) atoms. The highest BCUT2D eigenvalue weighted by molar-refractivity contribution is 7.97. The first-order valence-electron chi connectivity index (χ1n) is 10.9. The van der Waals surface area contributed by atoms with Crippen LogP contribution in [0, 0.1) is 0 Å². The molecule has 3 aliphatic heterocycles. The Kier molecular flexibility index (Phi) is 12.5. The lowest BCUT2D eigenvalue weighted by molar-refractivity contribution is 0.00312. The van der Waals surface area contributed by atoms with Crippen molar-refractivity contribution in [1.82, 2.24) is 9.62 Å². The van der Waals surface area contributed by atoms with Gasteiger partial charge in [0.05, 0.1) is 25.4 Å². The predicted molar refractivity (Wildman–Crippen MR) is 115 cm³/mol. The second kappa shape index (κ2) is 13.4. The Hall–Kier alpha value is 0.190. The molecule has 156 valence electrons. The Morgan fingerprint density at radius 3 is 2.12 bits per heavy atom. The molecule has 3 heterocycles. The van der Waals surface area contributed by atoms with Gasteiger partial charge in [-0.25, -0.2) is 0 Å². The van der Waals surface area contributed by atoms with E-state index in [0.717, 1.165) is 13.2 Å². The fourth-order valence-electron chi connectivity index (χ4n) is 3.85. The van der Waals surface area contributed by atoms with Crippen molar-refractivity contribution in [2.24, 2.45) is 0 Å². The lowest BCUT2D eigenvalue weighted by Gasteiger charge is -2.32. The molecule has 0 amide bonds. The van der Waals surface area contributed by atoms with E-state index in [1.807, 2.05) is 25.8 Å². The smallest absolute Gasteiger partial charge is 0.0653 e. The Balaban J connectivity index is 0.000000241. The van der Waals surface area contributed by atoms with Crippen molar-refractivity contribution in [2.45, 2.75) is 104 Å². The number of nitrogens with zero attached hydrogens (tertiary/aromatic N) is 1. The minimum absolute atomic E-state index is 0.365. The number of rotatable bonds is 6. The summed E-state index contributed by atoms with van der Waals surface area (Å²) in [5.74, 6) is 1.25. The van der Waals surface area contributed by atoms with Crippen LogP contribution in [0.2, 0.25) is 0 Å². The predicted octanol–water partition coefficient (Wildman–Crippen LogP) is 4.88. The average Bonchev–Trinajstić information content (AvgIpc) is 3.22. The molecule has 0 aromatic carbocycles. The molecule has 1 atom stereocenters. The van der Waals surface area contributed by atoms with Crippen molar-refractivity contribution in [3.8, 4) is 0 Å². The van der Waals surface area contributed by atoms with Crippen LogP contribution in [-0.2, 0) is 9.47 Å². The molecular weight excluding hydrogens is 344 g/mol. The zero-order valence-corrected chi connectivity index (χ0v) is 19.0. The van der Waals surface area contributed by atoms with E-state index in [9.17, 15) is 0 Å². The highest BCUT2D eigenvalue weighted by Gasteiger charge is 2.44. The fraction of sp³-hybridized carbons (Fsp3) is 1.00. The van der Waals surface area contributed by atoms with Gasteiger partial charge in [0.2, 0.25) is 0 Å². The van der Waals surface area contributed by atoms with Gasteiger partial charge in [-0.2, -0.15) is 0 Å². The zero-order valence-electron chi connectivity index (χ0n) is 18.2. The molecule has 1 N–H and O–H groups in total. The Morgan fingerprint density at radius 1 is 1.00 bits per heavy atom. The van der Waals surface area contributed by atoms with Crippen LogP contribution in [0.4, 0.5) is 0 Å². The first kappa shape index (κ1) is 24.2. The molecule has 0 aliphatic carbocycles. The maximum Gasteiger partial charge on any atom is 0.0653 e. The van der Waals surface area contributed by atoms with Crippen molar-refractivity contribution >= 4 is 11.9 Å². The summed E-state index contributed by atoms with van der Waals surface area (Å²) < 4.78 is 14.7. The summed E-state index contributed by atoms with van der Waals surface area (Å²) in [6.07, 6.45) is 8.81. The van der Waals surface area contributed by atoms with Crippen molar-refractivity contribution in [3.63, 3.8) is 0 Å². The molecule has 0 spiro atoms. The van der Waals surface area contributed by atoms with Crippen LogP contribution in [0.25, 0.3) is 0 Å². The second-order valence-corrected chi connectivity index (χ2v) is 8.90. The Morgan fingerprint density at radius 2 is 1.62 bits per heavy atom. The van der Waals surface area contributed by atoms with Crippen LogP contribution in [0.5, 0.6) is 0 Å². The molecule has 0 bridgehead atoms. The first-order chi connectivity index (χ1) is 12.5. The number of hydrogen-bond acceptors (Lipinski definition) is 5. The van der Waals surface area contributed by atoms with Crippen LogP contribution in [-0.4, -0.2) is 60.7 Å². The molecular formula is C21H44N2O2S. The van der Waals surface area contributed by atoms with E-state index in [-0.39, 0.29) is 0 Å². The van der Waals surface area contributed by atoms with Gasteiger partial charge in [-0.1, -0.05) is 25.8 Å². The number of ether oxygens (including phenoxy) is 2. The van der Waals surface area contributed by atoms with Crippen molar-refractivity contribution in [1.29, 1.82) is 0 Å². The molecule has 3 saturated heterocycles. The highest BCUT2D eigenvalue weighted by Crippen LogP contribution is 2.39. The molecule has 0 saturated carbocycles. The zero-order chi connectivity index (χ0) is 19.4. The van der Waals surface area contributed by atoms with Gasteiger partial charge in [-0.15, -0.1) is 0 Å². The summed E-state index contributed by atoms with van der Waals surface area (Å²) in [6.45, 7) is 16.9. The quantitative estimate of drug-likeness (QED) is 0.656. The number of hydrogen-bond donors (Lipinski definition) is 1. The SMILES string of the molecule is CC.CC(C)OCC12CCCN1CCC2.CC(C)OCC1CCCSN1. The summed E-state index contributed by atoms with van der Waals surface area (Å²) >= 11 is 1.82. The van der Waals surface area contributed by atoms with Crippen LogP contribution in [0.3, 0.4) is 0 Å². The molecule has 5 heteroatoms. The molecule has 4 nitrogen and oxygen atoms in total.